The van der Waals surface area contributed by atoms with E-state index in [1.807, 2.05) is 0 Å². The Bertz CT molecular complexity index is 505. The van der Waals surface area contributed by atoms with E-state index in [2.05, 4.69) is 40.1 Å². The molecule has 22 heavy (non-hydrogen) atoms. The second kappa shape index (κ2) is 6.80. The molecule has 1 atom stereocenters. The zero-order valence-electron chi connectivity index (χ0n) is 13.2. The van der Waals surface area contributed by atoms with Crippen LogP contribution >= 0.6 is 0 Å². The van der Waals surface area contributed by atoms with Gasteiger partial charge in [-0.15, -0.1) is 0 Å². The van der Waals surface area contributed by atoms with Gasteiger partial charge in [-0.3, -0.25) is 9.69 Å². The topological polar surface area (TPSA) is 43.8 Å². The predicted molar refractivity (Wildman–Crippen MR) is 86.7 cm³/mol. The van der Waals surface area contributed by atoms with E-state index in [0.717, 1.165) is 26.2 Å². The van der Waals surface area contributed by atoms with Gasteiger partial charge in [0.2, 0.25) is 0 Å². The summed E-state index contributed by atoms with van der Waals surface area (Å²) in [6, 6.07) is 10.7. The molecule has 0 aliphatic carbocycles. The summed E-state index contributed by atoms with van der Waals surface area (Å²) >= 11 is 0. The Hall–Kier alpha value is -1.39. The van der Waals surface area contributed by atoms with Crippen molar-refractivity contribution in [2.45, 2.75) is 32.2 Å². The van der Waals surface area contributed by atoms with Crippen molar-refractivity contribution in [3.8, 4) is 0 Å². The number of benzene rings is 1. The molecule has 1 aromatic rings. The summed E-state index contributed by atoms with van der Waals surface area (Å²) in [6.45, 7) is 6.22. The van der Waals surface area contributed by atoms with Crippen molar-refractivity contribution in [1.29, 1.82) is 0 Å². The summed E-state index contributed by atoms with van der Waals surface area (Å²) in [7, 11) is 0. The smallest absolute Gasteiger partial charge is 0.304 e. The second-order valence-electron chi connectivity index (χ2n) is 6.97. The van der Waals surface area contributed by atoms with Crippen LogP contribution in [0.5, 0.6) is 0 Å². The second-order valence-corrected chi connectivity index (χ2v) is 6.97. The van der Waals surface area contributed by atoms with Crippen LogP contribution in [0.1, 0.15) is 31.2 Å². The van der Waals surface area contributed by atoms with E-state index in [4.69, 9.17) is 5.11 Å². The molecule has 1 spiro atoms. The molecule has 3 rings (SSSR count). The third-order valence-electron chi connectivity index (χ3n) is 5.15. The summed E-state index contributed by atoms with van der Waals surface area (Å²) in [5, 5.41) is 8.85. The lowest BCUT2D eigenvalue weighted by atomic mass is 9.79. The molecule has 2 fully saturated rings. The minimum Gasteiger partial charge on any atom is -0.481 e. The van der Waals surface area contributed by atoms with E-state index in [-0.39, 0.29) is 6.42 Å². The fourth-order valence-electron chi connectivity index (χ4n) is 4.09. The van der Waals surface area contributed by atoms with Gasteiger partial charge in [0.15, 0.2) is 0 Å². The van der Waals surface area contributed by atoms with Gasteiger partial charge >= 0.3 is 5.97 Å². The standard InChI is InChI=1S/C18H26N2O2/c21-17(22)7-11-19-12-9-18(14-19)8-4-10-20(15-18)13-16-5-2-1-3-6-16/h1-3,5-6H,4,7-15H2,(H,21,22). The normalized spacial score (nSPS) is 26.5. The third-order valence-corrected chi connectivity index (χ3v) is 5.15. The molecule has 2 heterocycles. The van der Waals surface area contributed by atoms with Crippen molar-refractivity contribution in [3.63, 3.8) is 0 Å². The molecule has 1 unspecified atom stereocenters. The minimum absolute atomic E-state index is 0.268. The first-order chi connectivity index (χ1) is 10.7. The molecule has 2 aliphatic heterocycles. The number of carbonyl (C=O) groups is 1. The lowest BCUT2D eigenvalue weighted by molar-refractivity contribution is -0.137. The number of piperidine rings is 1. The van der Waals surface area contributed by atoms with Crippen molar-refractivity contribution in [1.82, 2.24) is 9.80 Å². The molecule has 0 saturated carbocycles. The van der Waals surface area contributed by atoms with Crippen LogP contribution in [0.25, 0.3) is 0 Å². The van der Waals surface area contributed by atoms with Crippen LogP contribution in [0, 0.1) is 5.41 Å². The Balaban J connectivity index is 1.55. The van der Waals surface area contributed by atoms with Gasteiger partial charge < -0.3 is 10.0 Å². The van der Waals surface area contributed by atoms with Crippen LogP contribution < -0.4 is 0 Å². The van der Waals surface area contributed by atoms with Gasteiger partial charge in [-0.05, 0) is 43.3 Å². The maximum atomic E-state index is 10.7. The van der Waals surface area contributed by atoms with Crippen molar-refractivity contribution in [3.05, 3.63) is 35.9 Å². The van der Waals surface area contributed by atoms with Crippen LogP contribution in [0.15, 0.2) is 30.3 Å². The average molecular weight is 302 g/mol. The van der Waals surface area contributed by atoms with E-state index in [1.54, 1.807) is 0 Å². The van der Waals surface area contributed by atoms with Gasteiger partial charge in [0, 0.05) is 26.2 Å². The molecule has 1 N–H and O–H groups in total. The summed E-state index contributed by atoms with van der Waals surface area (Å²) in [5.74, 6) is -0.685. The van der Waals surface area contributed by atoms with Gasteiger partial charge in [0.1, 0.15) is 0 Å². The van der Waals surface area contributed by atoms with Crippen molar-refractivity contribution < 1.29 is 9.90 Å². The Morgan fingerprint density at radius 3 is 2.64 bits per heavy atom. The molecule has 4 heteroatoms. The van der Waals surface area contributed by atoms with E-state index < -0.39 is 5.97 Å². The molecule has 0 radical (unpaired) electrons. The molecule has 0 aromatic heterocycles. The van der Waals surface area contributed by atoms with Gasteiger partial charge in [-0.25, -0.2) is 0 Å². The van der Waals surface area contributed by atoms with Gasteiger partial charge in [0.25, 0.3) is 0 Å². The number of carboxylic acids is 1. The van der Waals surface area contributed by atoms with E-state index in [0.29, 0.717) is 12.0 Å². The Morgan fingerprint density at radius 2 is 1.86 bits per heavy atom. The number of hydrogen-bond acceptors (Lipinski definition) is 3. The molecule has 4 nitrogen and oxygen atoms in total. The van der Waals surface area contributed by atoms with Crippen molar-refractivity contribution >= 4 is 5.97 Å². The van der Waals surface area contributed by atoms with Gasteiger partial charge in [-0.2, -0.15) is 0 Å². The maximum absolute atomic E-state index is 10.7. The molecule has 2 aliphatic rings. The van der Waals surface area contributed by atoms with Crippen LogP contribution in [0.4, 0.5) is 0 Å². The number of rotatable bonds is 5. The fourth-order valence-corrected chi connectivity index (χ4v) is 4.09. The zero-order chi connectivity index (χ0) is 15.4. The van der Waals surface area contributed by atoms with Crippen molar-refractivity contribution in [2.75, 3.05) is 32.7 Å². The highest BCUT2D eigenvalue weighted by Gasteiger charge is 2.41. The number of carboxylic acid groups (broad SMARTS) is 1. The van der Waals surface area contributed by atoms with Crippen LogP contribution in [0.2, 0.25) is 0 Å². The van der Waals surface area contributed by atoms with E-state index in [9.17, 15) is 4.79 Å². The molecular formula is C18H26N2O2. The molecule has 0 bridgehead atoms. The van der Waals surface area contributed by atoms with Crippen molar-refractivity contribution in [2.24, 2.45) is 5.41 Å². The summed E-state index contributed by atoms with van der Waals surface area (Å²) in [4.78, 5) is 15.7. The average Bonchev–Trinajstić information content (AvgIpc) is 2.89. The zero-order valence-corrected chi connectivity index (χ0v) is 13.2. The first-order valence-electron chi connectivity index (χ1n) is 8.36. The first kappa shape index (κ1) is 15.5. The first-order valence-corrected chi connectivity index (χ1v) is 8.36. The number of nitrogens with zero attached hydrogens (tertiary/aromatic N) is 2. The summed E-state index contributed by atoms with van der Waals surface area (Å²) in [6.07, 6.45) is 4.04. The largest absolute Gasteiger partial charge is 0.481 e. The summed E-state index contributed by atoms with van der Waals surface area (Å²) < 4.78 is 0. The number of likely N-dealkylation sites (tertiary alicyclic amines) is 2. The summed E-state index contributed by atoms with van der Waals surface area (Å²) in [5.41, 5.74) is 1.78. The van der Waals surface area contributed by atoms with Gasteiger partial charge in [0.05, 0.1) is 6.42 Å². The quantitative estimate of drug-likeness (QED) is 0.907. The molecule has 120 valence electrons. The minimum atomic E-state index is -0.685. The predicted octanol–water partition coefficient (Wildman–Crippen LogP) is 2.45. The Labute approximate surface area is 132 Å². The monoisotopic (exact) mass is 302 g/mol. The Morgan fingerprint density at radius 1 is 1.09 bits per heavy atom. The number of hydrogen-bond donors (Lipinski definition) is 1. The highest BCUT2D eigenvalue weighted by atomic mass is 16.4. The van der Waals surface area contributed by atoms with Crippen LogP contribution in [0.3, 0.4) is 0 Å². The van der Waals surface area contributed by atoms with Gasteiger partial charge in [-0.1, -0.05) is 30.3 Å². The molecule has 1 aromatic carbocycles. The lowest BCUT2D eigenvalue weighted by Crippen LogP contribution is -2.44. The molecule has 2 saturated heterocycles. The highest BCUT2D eigenvalue weighted by Crippen LogP contribution is 2.39. The number of aliphatic carboxylic acids is 1. The third kappa shape index (κ3) is 3.87. The van der Waals surface area contributed by atoms with Crippen LogP contribution in [-0.4, -0.2) is 53.6 Å². The maximum Gasteiger partial charge on any atom is 0.304 e. The highest BCUT2D eigenvalue weighted by molar-refractivity contribution is 5.66. The molecular weight excluding hydrogens is 276 g/mol. The molecule has 0 amide bonds. The van der Waals surface area contributed by atoms with E-state index >= 15 is 0 Å². The fraction of sp³-hybridized carbons (Fsp3) is 0.611. The van der Waals surface area contributed by atoms with Crippen LogP contribution in [-0.2, 0) is 11.3 Å². The SMILES string of the molecule is O=C(O)CCN1CCC2(CCCN(Cc3ccccc3)C2)C1. The van der Waals surface area contributed by atoms with E-state index in [1.165, 1.54) is 31.4 Å². The lowest BCUT2D eigenvalue weighted by Gasteiger charge is -2.40. The Kier molecular flexibility index (Phi) is 4.79.